The quantitative estimate of drug-likeness (QED) is 0.0830. The third-order valence-corrected chi connectivity index (χ3v) is 9.04. The van der Waals surface area contributed by atoms with Crippen LogP contribution in [0.3, 0.4) is 0 Å². The van der Waals surface area contributed by atoms with E-state index < -0.39 is 0 Å². The van der Waals surface area contributed by atoms with Crippen LogP contribution in [0, 0.1) is 0 Å². The number of unbranched alkanes of at least 4 members (excludes halogenated alkanes) is 27. The zero-order valence-corrected chi connectivity index (χ0v) is 28.7. The Morgan fingerprint density at radius 3 is 1.12 bits per heavy atom. The number of rotatable bonds is 33. The highest BCUT2D eigenvalue weighted by molar-refractivity contribution is 5.34. The Morgan fingerprint density at radius 1 is 0.405 bits per heavy atom. The van der Waals surface area contributed by atoms with Gasteiger partial charge in [-0.25, -0.2) is 0 Å². The summed E-state index contributed by atoms with van der Waals surface area (Å²) in [6.45, 7) is 5.48. The largest absolute Gasteiger partial charge is 0.494 e. The van der Waals surface area contributed by atoms with Crippen molar-refractivity contribution in [1.29, 1.82) is 0 Å². The van der Waals surface area contributed by atoms with E-state index in [9.17, 15) is 5.11 Å². The molecule has 0 bridgehead atoms. The van der Waals surface area contributed by atoms with E-state index in [-0.39, 0.29) is 6.61 Å². The molecule has 0 saturated heterocycles. The van der Waals surface area contributed by atoms with Gasteiger partial charge in [0.2, 0.25) is 0 Å². The van der Waals surface area contributed by atoms with Gasteiger partial charge in [-0.2, -0.15) is 0 Å². The molecule has 0 atom stereocenters. The number of hydrogen-bond donors (Lipinski definition) is 1. The number of aryl methyl sites for hydroxylation is 1. The van der Waals surface area contributed by atoms with Crippen LogP contribution in [0.4, 0.5) is 0 Å². The van der Waals surface area contributed by atoms with Crippen molar-refractivity contribution in [3.63, 3.8) is 0 Å². The highest BCUT2D eigenvalue weighted by atomic mass is 16.5. The van der Waals surface area contributed by atoms with Crippen molar-refractivity contribution in [2.24, 2.45) is 0 Å². The lowest BCUT2D eigenvalue weighted by Crippen LogP contribution is -2.00. The molecule has 1 aromatic carbocycles. The standard InChI is InChI=1S/C40H74O2/c1-3-5-7-9-11-13-15-17-18-19-21-23-25-27-29-31-33-42-40-35-38(34-39(36-40)37-41)32-30-28-26-24-22-20-16-14-12-10-8-6-4-2/h34-36,41H,3-33,37H2,1-2H3. The fourth-order valence-corrected chi connectivity index (χ4v) is 6.23. The van der Waals surface area contributed by atoms with E-state index in [4.69, 9.17) is 4.74 Å². The maximum absolute atomic E-state index is 9.74. The first-order valence-corrected chi connectivity index (χ1v) is 19.2. The number of benzene rings is 1. The maximum atomic E-state index is 9.74. The van der Waals surface area contributed by atoms with Crippen molar-refractivity contribution in [1.82, 2.24) is 0 Å². The molecule has 2 nitrogen and oxygen atoms in total. The number of aliphatic hydroxyl groups is 1. The van der Waals surface area contributed by atoms with Crippen molar-refractivity contribution in [3.05, 3.63) is 29.3 Å². The van der Waals surface area contributed by atoms with E-state index in [1.807, 2.05) is 6.07 Å². The second-order valence-electron chi connectivity index (χ2n) is 13.3. The van der Waals surface area contributed by atoms with Gasteiger partial charge >= 0.3 is 0 Å². The van der Waals surface area contributed by atoms with E-state index in [0.717, 1.165) is 30.8 Å². The summed E-state index contributed by atoms with van der Waals surface area (Å²) in [5.41, 5.74) is 2.32. The molecule has 1 N–H and O–H groups in total. The Kier molecular flexibility index (Phi) is 29.2. The van der Waals surface area contributed by atoms with Crippen molar-refractivity contribution in [2.45, 2.75) is 213 Å². The molecule has 42 heavy (non-hydrogen) atoms. The molecule has 0 radical (unpaired) electrons. The third kappa shape index (κ3) is 25.5. The molecule has 1 aromatic rings. The maximum Gasteiger partial charge on any atom is 0.119 e. The second-order valence-corrected chi connectivity index (χ2v) is 13.3. The molecule has 0 aliphatic carbocycles. The van der Waals surface area contributed by atoms with Gasteiger partial charge in [0.25, 0.3) is 0 Å². The van der Waals surface area contributed by atoms with E-state index in [2.05, 4.69) is 26.0 Å². The molecule has 0 amide bonds. The number of ether oxygens (including phenoxy) is 1. The van der Waals surface area contributed by atoms with Gasteiger partial charge in [0, 0.05) is 0 Å². The first-order chi connectivity index (χ1) is 20.8. The minimum absolute atomic E-state index is 0.0991. The van der Waals surface area contributed by atoms with E-state index in [1.165, 1.54) is 185 Å². The Morgan fingerprint density at radius 2 is 0.738 bits per heavy atom. The first kappa shape index (κ1) is 39.0. The van der Waals surface area contributed by atoms with Crippen LogP contribution in [-0.2, 0) is 13.0 Å². The van der Waals surface area contributed by atoms with Crippen LogP contribution in [0.5, 0.6) is 5.75 Å². The number of hydrogen-bond acceptors (Lipinski definition) is 2. The van der Waals surface area contributed by atoms with Crippen LogP contribution in [-0.4, -0.2) is 11.7 Å². The van der Waals surface area contributed by atoms with Gasteiger partial charge in [-0.1, -0.05) is 193 Å². The minimum atomic E-state index is 0.0991. The van der Waals surface area contributed by atoms with Crippen molar-refractivity contribution < 1.29 is 9.84 Å². The van der Waals surface area contributed by atoms with Gasteiger partial charge in [0.05, 0.1) is 13.2 Å². The minimum Gasteiger partial charge on any atom is -0.494 e. The smallest absolute Gasteiger partial charge is 0.119 e. The highest BCUT2D eigenvalue weighted by Gasteiger charge is 2.03. The summed E-state index contributed by atoms with van der Waals surface area (Å²) in [6.07, 6.45) is 41.5. The van der Waals surface area contributed by atoms with Crippen LogP contribution < -0.4 is 4.74 Å². The van der Waals surface area contributed by atoms with E-state index in [0.29, 0.717) is 0 Å². The summed E-state index contributed by atoms with van der Waals surface area (Å²) < 4.78 is 6.12. The Bertz CT molecular complexity index is 670. The fraction of sp³-hybridized carbons (Fsp3) is 0.850. The summed E-state index contributed by atoms with van der Waals surface area (Å²) in [7, 11) is 0. The molecule has 0 aliphatic heterocycles. The highest BCUT2D eigenvalue weighted by Crippen LogP contribution is 2.21. The number of aliphatic hydroxyl groups excluding tert-OH is 1. The van der Waals surface area contributed by atoms with Crippen LogP contribution in [0.25, 0.3) is 0 Å². The molecule has 0 spiro atoms. The van der Waals surface area contributed by atoms with Crippen molar-refractivity contribution >= 4 is 0 Å². The average Bonchev–Trinajstić information content (AvgIpc) is 3.01. The van der Waals surface area contributed by atoms with Gasteiger partial charge in [-0.3, -0.25) is 0 Å². The summed E-state index contributed by atoms with van der Waals surface area (Å²) in [6, 6.07) is 6.41. The Labute approximate surface area is 264 Å². The molecule has 0 fully saturated rings. The van der Waals surface area contributed by atoms with Gasteiger partial charge in [-0.05, 0) is 42.5 Å². The molecule has 0 saturated carbocycles. The van der Waals surface area contributed by atoms with Crippen LogP contribution >= 0.6 is 0 Å². The normalized spacial score (nSPS) is 11.4. The first-order valence-electron chi connectivity index (χ1n) is 19.2. The average molecular weight is 587 g/mol. The molecular formula is C40H74O2. The Hall–Kier alpha value is -1.02. The fourth-order valence-electron chi connectivity index (χ4n) is 6.23. The monoisotopic (exact) mass is 587 g/mol. The van der Waals surface area contributed by atoms with Crippen LogP contribution in [0.2, 0.25) is 0 Å². The van der Waals surface area contributed by atoms with E-state index in [1.54, 1.807) is 0 Å². The summed E-state index contributed by atoms with van der Waals surface area (Å²) in [4.78, 5) is 0. The predicted octanol–water partition coefficient (Wildman–Crippen LogP) is 13.5. The second kappa shape index (κ2) is 31.4. The SMILES string of the molecule is CCCCCCCCCCCCCCCCCCOc1cc(CO)cc(CCCCCCCCCCCCCCC)c1. The Balaban J connectivity index is 1.98. The molecule has 0 unspecified atom stereocenters. The molecule has 246 valence electrons. The predicted molar refractivity (Wildman–Crippen MR) is 187 cm³/mol. The van der Waals surface area contributed by atoms with Crippen molar-refractivity contribution in [2.75, 3.05) is 6.61 Å². The van der Waals surface area contributed by atoms with Crippen molar-refractivity contribution in [3.8, 4) is 5.75 Å². The topological polar surface area (TPSA) is 29.5 Å². The lowest BCUT2D eigenvalue weighted by Gasteiger charge is -2.11. The zero-order valence-electron chi connectivity index (χ0n) is 28.7. The zero-order chi connectivity index (χ0) is 30.2. The molecule has 2 heteroatoms. The lowest BCUT2D eigenvalue weighted by molar-refractivity contribution is 0.277. The lowest BCUT2D eigenvalue weighted by atomic mass is 10.0. The van der Waals surface area contributed by atoms with E-state index >= 15 is 0 Å². The van der Waals surface area contributed by atoms with Crippen LogP contribution in [0.15, 0.2) is 18.2 Å². The van der Waals surface area contributed by atoms with Gasteiger partial charge in [0.15, 0.2) is 0 Å². The molecule has 0 heterocycles. The molecule has 0 aromatic heterocycles. The summed E-state index contributed by atoms with van der Waals surface area (Å²) in [5, 5.41) is 9.74. The van der Waals surface area contributed by atoms with Gasteiger partial charge < -0.3 is 9.84 Å². The summed E-state index contributed by atoms with van der Waals surface area (Å²) in [5.74, 6) is 0.951. The molecule has 0 aliphatic rings. The molecular weight excluding hydrogens is 512 g/mol. The van der Waals surface area contributed by atoms with Gasteiger partial charge in [-0.15, -0.1) is 0 Å². The van der Waals surface area contributed by atoms with Crippen LogP contribution in [0.1, 0.15) is 211 Å². The molecule has 1 rings (SSSR count). The van der Waals surface area contributed by atoms with Gasteiger partial charge in [0.1, 0.15) is 5.75 Å². The summed E-state index contributed by atoms with van der Waals surface area (Å²) >= 11 is 0. The third-order valence-electron chi connectivity index (χ3n) is 9.04.